The minimum atomic E-state index is -0.227. The van der Waals surface area contributed by atoms with Crippen LogP contribution < -0.4 is 5.56 Å². The lowest BCUT2D eigenvalue weighted by Crippen LogP contribution is -2.35. The Morgan fingerprint density at radius 3 is 3.10 bits per heavy atom. The second-order valence-corrected chi connectivity index (χ2v) is 5.17. The van der Waals surface area contributed by atoms with Gasteiger partial charge in [0.1, 0.15) is 11.6 Å². The van der Waals surface area contributed by atoms with E-state index in [1.54, 1.807) is 13.0 Å². The number of halogens is 1. The number of nitrogens with one attached hydrogen (secondary N) is 1. The highest BCUT2D eigenvalue weighted by atomic mass is 19.1. The molecule has 2 heterocycles. The molecule has 1 aliphatic rings. The number of H-pyrrole nitrogens is 1. The predicted molar refractivity (Wildman–Crippen MR) is 73.8 cm³/mol. The van der Waals surface area contributed by atoms with Gasteiger partial charge in [0, 0.05) is 26.1 Å². The van der Waals surface area contributed by atoms with Gasteiger partial charge in [-0.15, -0.1) is 0 Å². The van der Waals surface area contributed by atoms with Crippen molar-refractivity contribution in [3.05, 3.63) is 63.1 Å². The van der Waals surface area contributed by atoms with E-state index in [0.717, 1.165) is 29.8 Å². The lowest BCUT2D eigenvalue weighted by Gasteiger charge is -2.27. The summed E-state index contributed by atoms with van der Waals surface area (Å²) in [6, 6.07) is 6.58. The van der Waals surface area contributed by atoms with Crippen molar-refractivity contribution in [2.24, 2.45) is 0 Å². The molecule has 1 aromatic carbocycles. The normalized spacial score (nSPS) is 15.1. The predicted octanol–water partition coefficient (Wildman–Crippen LogP) is 1.78. The SMILES string of the molecule is Cc1nc2c(c(=O)[nH]1)CN(Cc1cccc(F)c1)CC2. The fourth-order valence-electron chi connectivity index (χ4n) is 2.63. The third kappa shape index (κ3) is 2.63. The van der Waals surface area contributed by atoms with Crippen LogP contribution in [0.1, 0.15) is 22.6 Å². The molecule has 1 aromatic heterocycles. The van der Waals surface area contributed by atoms with Crippen molar-refractivity contribution in [2.45, 2.75) is 26.4 Å². The zero-order chi connectivity index (χ0) is 14.1. The Morgan fingerprint density at radius 1 is 1.45 bits per heavy atom. The van der Waals surface area contributed by atoms with Gasteiger partial charge in [-0.3, -0.25) is 9.69 Å². The van der Waals surface area contributed by atoms with E-state index < -0.39 is 0 Å². The first kappa shape index (κ1) is 13.0. The fraction of sp³-hybridized carbons (Fsp3) is 0.333. The minimum Gasteiger partial charge on any atom is -0.310 e. The molecular weight excluding hydrogens is 257 g/mol. The summed E-state index contributed by atoms with van der Waals surface area (Å²) in [5.74, 6) is 0.433. The first-order valence-corrected chi connectivity index (χ1v) is 6.67. The van der Waals surface area contributed by atoms with E-state index in [2.05, 4.69) is 14.9 Å². The Hall–Kier alpha value is -2.01. The van der Waals surface area contributed by atoms with Crippen molar-refractivity contribution < 1.29 is 4.39 Å². The molecule has 0 radical (unpaired) electrons. The first-order valence-electron chi connectivity index (χ1n) is 6.67. The molecule has 104 valence electrons. The third-order valence-electron chi connectivity index (χ3n) is 3.56. The second kappa shape index (κ2) is 5.17. The van der Waals surface area contributed by atoms with E-state index in [-0.39, 0.29) is 11.4 Å². The fourth-order valence-corrected chi connectivity index (χ4v) is 2.63. The smallest absolute Gasteiger partial charge is 0.255 e. The molecule has 1 N–H and O–H groups in total. The van der Waals surface area contributed by atoms with Crippen LogP contribution in [0.5, 0.6) is 0 Å². The van der Waals surface area contributed by atoms with Crippen LogP contribution in [0.25, 0.3) is 0 Å². The molecule has 0 aliphatic carbocycles. The van der Waals surface area contributed by atoms with E-state index >= 15 is 0 Å². The summed E-state index contributed by atoms with van der Waals surface area (Å²) in [6.07, 6.45) is 0.759. The number of aryl methyl sites for hydroxylation is 1. The van der Waals surface area contributed by atoms with Gasteiger partial charge in [-0.1, -0.05) is 12.1 Å². The van der Waals surface area contributed by atoms with Crippen LogP contribution in [0, 0.1) is 12.7 Å². The second-order valence-electron chi connectivity index (χ2n) is 5.17. The van der Waals surface area contributed by atoms with Gasteiger partial charge in [0.05, 0.1) is 11.3 Å². The van der Waals surface area contributed by atoms with Gasteiger partial charge < -0.3 is 4.98 Å². The van der Waals surface area contributed by atoms with Crippen molar-refractivity contribution in [1.82, 2.24) is 14.9 Å². The number of benzene rings is 1. The van der Waals surface area contributed by atoms with E-state index in [1.165, 1.54) is 12.1 Å². The number of hydrogen-bond acceptors (Lipinski definition) is 3. The van der Waals surface area contributed by atoms with Crippen LogP contribution in [0.4, 0.5) is 4.39 Å². The molecule has 5 heteroatoms. The van der Waals surface area contributed by atoms with Crippen molar-refractivity contribution in [1.29, 1.82) is 0 Å². The number of rotatable bonds is 2. The lowest BCUT2D eigenvalue weighted by molar-refractivity contribution is 0.241. The Balaban J connectivity index is 1.81. The maximum Gasteiger partial charge on any atom is 0.255 e. The monoisotopic (exact) mass is 273 g/mol. The largest absolute Gasteiger partial charge is 0.310 e. The maximum atomic E-state index is 13.2. The number of fused-ring (bicyclic) bond motifs is 1. The summed E-state index contributed by atoms with van der Waals surface area (Å²) in [6.45, 7) is 3.83. The first-order chi connectivity index (χ1) is 9.61. The summed E-state index contributed by atoms with van der Waals surface area (Å²) in [7, 11) is 0. The maximum absolute atomic E-state index is 13.2. The van der Waals surface area contributed by atoms with Gasteiger partial charge in [-0.2, -0.15) is 0 Å². The number of aromatic nitrogens is 2. The van der Waals surface area contributed by atoms with Crippen LogP contribution >= 0.6 is 0 Å². The van der Waals surface area contributed by atoms with Crippen LogP contribution in [0.15, 0.2) is 29.1 Å². The number of aromatic amines is 1. The molecule has 2 aromatic rings. The Kier molecular flexibility index (Phi) is 3.36. The molecule has 20 heavy (non-hydrogen) atoms. The van der Waals surface area contributed by atoms with Crippen LogP contribution in [-0.4, -0.2) is 21.4 Å². The Labute approximate surface area is 116 Å². The van der Waals surface area contributed by atoms with Gasteiger partial charge in [0.2, 0.25) is 0 Å². The molecule has 0 fully saturated rings. The molecule has 0 bridgehead atoms. The molecule has 0 saturated heterocycles. The summed E-state index contributed by atoms with van der Waals surface area (Å²) in [5.41, 5.74) is 2.49. The van der Waals surface area contributed by atoms with E-state index in [4.69, 9.17) is 0 Å². The highest BCUT2D eigenvalue weighted by Gasteiger charge is 2.20. The third-order valence-corrected chi connectivity index (χ3v) is 3.56. The van der Waals surface area contributed by atoms with Crippen molar-refractivity contribution in [3.8, 4) is 0 Å². The van der Waals surface area contributed by atoms with Crippen molar-refractivity contribution in [2.75, 3.05) is 6.54 Å². The molecule has 1 aliphatic heterocycles. The van der Waals surface area contributed by atoms with Crippen molar-refractivity contribution in [3.63, 3.8) is 0 Å². The number of hydrogen-bond donors (Lipinski definition) is 1. The number of nitrogens with zero attached hydrogens (tertiary/aromatic N) is 2. The molecule has 0 spiro atoms. The molecular formula is C15H16FN3O. The zero-order valence-corrected chi connectivity index (χ0v) is 11.3. The van der Waals surface area contributed by atoms with Gasteiger partial charge >= 0.3 is 0 Å². The van der Waals surface area contributed by atoms with Crippen LogP contribution in [0.3, 0.4) is 0 Å². The summed E-state index contributed by atoms with van der Waals surface area (Å²) in [5, 5.41) is 0. The van der Waals surface area contributed by atoms with Gasteiger partial charge in [-0.05, 0) is 24.6 Å². The molecule has 4 nitrogen and oxygen atoms in total. The van der Waals surface area contributed by atoms with E-state index in [0.29, 0.717) is 18.9 Å². The summed E-state index contributed by atoms with van der Waals surface area (Å²) < 4.78 is 13.2. The summed E-state index contributed by atoms with van der Waals surface area (Å²) in [4.78, 5) is 21.2. The van der Waals surface area contributed by atoms with Crippen LogP contribution in [0.2, 0.25) is 0 Å². The van der Waals surface area contributed by atoms with Gasteiger partial charge in [0.15, 0.2) is 0 Å². The topological polar surface area (TPSA) is 49.0 Å². The average Bonchev–Trinajstić information content (AvgIpc) is 2.39. The molecule has 3 rings (SSSR count). The van der Waals surface area contributed by atoms with Crippen molar-refractivity contribution >= 4 is 0 Å². The van der Waals surface area contributed by atoms with Gasteiger partial charge in [0.25, 0.3) is 5.56 Å². The van der Waals surface area contributed by atoms with Crippen LogP contribution in [-0.2, 0) is 19.5 Å². The molecule has 0 saturated carbocycles. The average molecular weight is 273 g/mol. The lowest BCUT2D eigenvalue weighted by atomic mass is 10.1. The molecule has 0 amide bonds. The molecule has 0 atom stereocenters. The zero-order valence-electron chi connectivity index (χ0n) is 11.3. The minimum absolute atomic E-state index is 0.0588. The van der Waals surface area contributed by atoms with E-state index in [1.807, 2.05) is 6.07 Å². The highest BCUT2D eigenvalue weighted by Crippen LogP contribution is 2.16. The quantitative estimate of drug-likeness (QED) is 0.907. The van der Waals surface area contributed by atoms with Gasteiger partial charge in [-0.25, -0.2) is 9.37 Å². The van der Waals surface area contributed by atoms with E-state index in [9.17, 15) is 9.18 Å². The Morgan fingerprint density at radius 2 is 2.30 bits per heavy atom. The molecule has 0 unspecified atom stereocenters. The highest BCUT2D eigenvalue weighted by molar-refractivity contribution is 5.22. The Bertz CT molecular complexity index is 696. The summed E-state index contributed by atoms with van der Waals surface area (Å²) >= 11 is 0. The standard InChI is InChI=1S/C15H16FN3O/c1-10-17-14-5-6-19(9-13(14)15(20)18-10)8-11-3-2-4-12(16)7-11/h2-4,7H,5-6,8-9H2,1H3,(H,17,18,20).